The molecule has 1 fully saturated rings. The minimum absolute atomic E-state index is 0.174. The van der Waals surface area contributed by atoms with Crippen LogP contribution in [0.3, 0.4) is 0 Å². The number of amides is 2. The Morgan fingerprint density at radius 2 is 1.86 bits per heavy atom. The van der Waals surface area contributed by atoms with Gasteiger partial charge in [-0.05, 0) is 51.8 Å². The van der Waals surface area contributed by atoms with Crippen molar-refractivity contribution in [1.82, 2.24) is 10.4 Å². The molecular formula is C17H23FN2O7S. The van der Waals surface area contributed by atoms with Crippen LogP contribution in [-0.4, -0.2) is 50.1 Å². The van der Waals surface area contributed by atoms with Crippen molar-refractivity contribution in [3.8, 4) is 5.75 Å². The summed E-state index contributed by atoms with van der Waals surface area (Å²) in [6, 6.07) is 5.27. The van der Waals surface area contributed by atoms with Crippen molar-refractivity contribution in [2.45, 2.75) is 45.3 Å². The minimum atomic E-state index is -5.16. The average Bonchev–Trinajstić information content (AvgIpc) is 2.57. The highest BCUT2D eigenvalue weighted by molar-refractivity contribution is 7.81. The maximum Gasteiger partial charge on any atom is 0.488 e. The average molecular weight is 418 g/mol. The second-order valence-electron chi connectivity index (χ2n) is 7.22. The zero-order valence-electron chi connectivity index (χ0n) is 15.8. The molecule has 0 saturated carbocycles. The molecular weight excluding hydrogens is 395 g/mol. The molecule has 156 valence electrons. The van der Waals surface area contributed by atoms with Gasteiger partial charge in [0.15, 0.2) is 0 Å². The molecule has 1 aliphatic rings. The smallest absolute Gasteiger partial charge is 0.442 e. The van der Waals surface area contributed by atoms with Crippen molar-refractivity contribution in [3.05, 3.63) is 29.8 Å². The highest BCUT2D eigenvalue weighted by atomic mass is 32.3. The molecule has 11 heteroatoms. The van der Waals surface area contributed by atoms with E-state index in [1.54, 1.807) is 25.7 Å². The lowest BCUT2D eigenvalue weighted by molar-refractivity contribution is -0.0594. The van der Waals surface area contributed by atoms with Crippen LogP contribution in [0.5, 0.6) is 5.75 Å². The van der Waals surface area contributed by atoms with E-state index < -0.39 is 22.2 Å². The maximum atomic E-state index is 12.6. The van der Waals surface area contributed by atoms with Gasteiger partial charge in [-0.15, -0.1) is 0 Å². The quantitative estimate of drug-likeness (QED) is 0.577. The summed E-state index contributed by atoms with van der Waals surface area (Å²) in [6.45, 7) is 5.94. The lowest BCUT2D eigenvalue weighted by Gasteiger charge is -2.31. The van der Waals surface area contributed by atoms with Crippen molar-refractivity contribution in [3.63, 3.8) is 0 Å². The SMILES string of the molecule is CC(C)(C)OC(=O)NOC1CCN(C(=O)c2cccc(OS(=O)(=O)F)c2)CC1. The molecule has 0 spiro atoms. The van der Waals surface area contributed by atoms with Gasteiger partial charge in [-0.25, -0.2) is 4.79 Å². The third-order valence-electron chi connectivity index (χ3n) is 3.71. The van der Waals surface area contributed by atoms with E-state index in [-0.39, 0.29) is 23.3 Å². The molecule has 0 atom stereocenters. The Bertz CT molecular complexity index is 815. The van der Waals surface area contributed by atoms with Crippen LogP contribution in [0, 0.1) is 0 Å². The van der Waals surface area contributed by atoms with Gasteiger partial charge in [-0.1, -0.05) is 9.95 Å². The normalized spacial score (nSPS) is 15.8. The lowest BCUT2D eigenvalue weighted by atomic mass is 10.1. The Morgan fingerprint density at radius 1 is 1.21 bits per heavy atom. The fourth-order valence-electron chi connectivity index (χ4n) is 2.59. The summed E-state index contributed by atoms with van der Waals surface area (Å²) >= 11 is 0. The van der Waals surface area contributed by atoms with Gasteiger partial charge in [0.05, 0.1) is 6.10 Å². The summed E-state index contributed by atoms with van der Waals surface area (Å²) in [5.74, 6) is -0.631. The Morgan fingerprint density at radius 3 is 2.43 bits per heavy atom. The first kappa shape index (κ1) is 21.9. The molecule has 1 aliphatic heterocycles. The summed E-state index contributed by atoms with van der Waals surface area (Å²) in [4.78, 5) is 31.0. The predicted molar refractivity (Wildman–Crippen MR) is 96.5 cm³/mol. The summed E-state index contributed by atoms with van der Waals surface area (Å²) in [7, 11) is -5.16. The first-order chi connectivity index (χ1) is 12.9. The van der Waals surface area contributed by atoms with Crippen LogP contribution in [0.4, 0.5) is 8.68 Å². The number of hydroxylamine groups is 1. The summed E-state index contributed by atoms with van der Waals surface area (Å²) in [5, 5.41) is 0. The first-order valence-corrected chi connectivity index (χ1v) is 9.92. The number of carbonyl (C=O) groups excluding carboxylic acids is 2. The molecule has 0 radical (unpaired) electrons. The molecule has 0 unspecified atom stereocenters. The zero-order valence-corrected chi connectivity index (χ0v) is 16.6. The van der Waals surface area contributed by atoms with Crippen molar-refractivity contribution < 1.29 is 35.7 Å². The number of halogens is 1. The number of likely N-dealkylation sites (tertiary alicyclic amines) is 1. The number of carbonyl (C=O) groups is 2. The van der Waals surface area contributed by atoms with Crippen LogP contribution < -0.4 is 9.66 Å². The standard InChI is InChI=1S/C17H23FN2O7S/c1-17(2,3)25-16(22)19-26-13-7-9-20(10-8-13)15(21)12-5-4-6-14(11-12)27-28(18,23)24/h4-6,11,13H,7-10H2,1-3H3,(H,19,22). The fraction of sp³-hybridized carbons (Fsp3) is 0.529. The van der Waals surface area contributed by atoms with E-state index in [9.17, 15) is 21.9 Å². The number of benzene rings is 1. The number of hydrogen-bond acceptors (Lipinski definition) is 7. The number of ether oxygens (including phenoxy) is 1. The third-order valence-corrected chi connectivity index (χ3v) is 4.11. The molecule has 1 heterocycles. The molecule has 0 aromatic heterocycles. The van der Waals surface area contributed by atoms with Crippen molar-refractivity contribution in [2.75, 3.05) is 13.1 Å². The molecule has 2 amide bonds. The van der Waals surface area contributed by atoms with Gasteiger partial charge in [0.1, 0.15) is 11.4 Å². The lowest BCUT2D eigenvalue weighted by Crippen LogP contribution is -2.43. The fourth-order valence-corrected chi connectivity index (χ4v) is 2.92. The van der Waals surface area contributed by atoms with Crippen molar-refractivity contribution in [2.24, 2.45) is 0 Å². The predicted octanol–water partition coefficient (Wildman–Crippen LogP) is 2.34. The van der Waals surface area contributed by atoms with E-state index in [0.717, 1.165) is 6.07 Å². The highest BCUT2D eigenvalue weighted by Gasteiger charge is 2.26. The van der Waals surface area contributed by atoms with Crippen LogP contribution in [0.15, 0.2) is 24.3 Å². The Kier molecular flexibility index (Phi) is 6.83. The summed E-state index contributed by atoms with van der Waals surface area (Å²) < 4.78 is 43.0. The first-order valence-electron chi connectivity index (χ1n) is 8.61. The summed E-state index contributed by atoms with van der Waals surface area (Å²) in [6.07, 6.45) is 0.00115. The van der Waals surface area contributed by atoms with Gasteiger partial charge in [0.25, 0.3) is 5.91 Å². The van der Waals surface area contributed by atoms with E-state index in [1.165, 1.54) is 18.2 Å². The number of rotatable bonds is 5. The Hall–Kier alpha value is -2.40. The van der Waals surface area contributed by atoms with E-state index in [0.29, 0.717) is 25.9 Å². The van der Waals surface area contributed by atoms with Crippen molar-refractivity contribution in [1.29, 1.82) is 0 Å². The summed E-state index contributed by atoms with van der Waals surface area (Å²) in [5.41, 5.74) is 1.78. The molecule has 2 rings (SSSR count). The van der Waals surface area contributed by atoms with Gasteiger partial charge in [0, 0.05) is 18.7 Å². The van der Waals surface area contributed by atoms with Crippen LogP contribution >= 0.6 is 0 Å². The van der Waals surface area contributed by atoms with E-state index in [4.69, 9.17) is 9.57 Å². The van der Waals surface area contributed by atoms with Gasteiger partial charge in [-0.3, -0.25) is 9.63 Å². The highest BCUT2D eigenvalue weighted by Crippen LogP contribution is 2.20. The number of piperidine rings is 1. The van der Waals surface area contributed by atoms with E-state index >= 15 is 0 Å². The number of hydrogen-bond donors (Lipinski definition) is 1. The third kappa shape index (κ3) is 7.31. The van der Waals surface area contributed by atoms with Crippen LogP contribution in [-0.2, 0) is 20.1 Å². The number of nitrogens with one attached hydrogen (secondary N) is 1. The minimum Gasteiger partial charge on any atom is -0.442 e. The van der Waals surface area contributed by atoms with Gasteiger partial charge < -0.3 is 13.8 Å². The largest absolute Gasteiger partial charge is 0.488 e. The van der Waals surface area contributed by atoms with Crippen LogP contribution in [0.1, 0.15) is 44.0 Å². The second-order valence-corrected chi connectivity index (χ2v) is 8.17. The monoisotopic (exact) mass is 418 g/mol. The van der Waals surface area contributed by atoms with Crippen LogP contribution in [0.2, 0.25) is 0 Å². The molecule has 28 heavy (non-hydrogen) atoms. The maximum absolute atomic E-state index is 12.6. The van der Waals surface area contributed by atoms with Gasteiger partial charge in [-0.2, -0.15) is 13.9 Å². The van der Waals surface area contributed by atoms with E-state index in [1.807, 2.05) is 0 Å². The second kappa shape index (κ2) is 8.74. The van der Waals surface area contributed by atoms with E-state index in [2.05, 4.69) is 9.66 Å². The van der Waals surface area contributed by atoms with Gasteiger partial charge in [0.2, 0.25) is 0 Å². The molecule has 0 aliphatic carbocycles. The van der Waals surface area contributed by atoms with Crippen molar-refractivity contribution >= 4 is 22.5 Å². The number of nitrogens with zero attached hydrogens (tertiary/aromatic N) is 1. The van der Waals surface area contributed by atoms with Gasteiger partial charge >= 0.3 is 16.6 Å². The molecule has 0 bridgehead atoms. The zero-order chi connectivity index (χ0) is 20.9. The Balaban J connectivity index is 1.85. The molecule has 1 saturated heterocycles. The molecule has 1 aromatic carbocycles. The van der Waals surface area contributed by atoms with Crippen LogP contribution in [0.25, 0.3) is 0 Å². The topological polar surface area (TPSA) is 111 Å². The molecule has 1 aromatic rings. The Labute approximate surface area is 163 Å². The molecule has 9 nitrogen and oxygen atoms in total. The molecule has 1 N–H and O–H groups in total.